The van der Waals surface area contributed by atoms with Gasteiger partial charge in [0.05, 0.1) is 0 Å². The summed E-state index contributed by atoms with van der Waals surface area (Å²) in [6, 6.07) is 1.71. The standard InChI is InChI=1S/C12H20N4O/c1-2-10(6-7-13)4-5-11(17)16-12-14-8-3-9-15-12/h3,8-10H,2,4-7,13H2,1H3,(H,14,15,16,17). The predicted octanol–water partition coefficient (Wildman–Crippen LogP) is 1.57. The lowest BCUT2D eigenvalue weighted by Crippen LogP contribution is -2.16. The zero-order valence-corrected chi connectivity index (χ0v) is 10.2. The van der Waals surface area contributed by atoms with Gasteiger partial charge in [-0.15, -0.1) is 0 Å². The molecule has 0 aliphatic rings. The minimum atomic E-state index is -0.0355. The molecule has 1 unspecified atom stereocenters. The van der Waals surface area contributed by atoms with Crippen molar-refractivity contribution in [3.63, 3.8) is 0 Å². The molecule has 0 aliphatic carbocycles. The van der Waals surface area contributed by atoms with E-state index in [4.69, 9.17) is 5.73 Å². The second-order valence-corrected chi connectivity index (χ2v) is 4.01. The number of carbonyl (C=O) groups excluding carboxylic acids is 1. The summed E-state index contributed by atoms with van der Waals surface area (Å²) < 4.78 is 0. The molecule has 0 saturated carbocycles. The van der Waals surface area contributed by atoms with E-state index in [1.807, 2.05) is 0 Å². The van der Waals surface area contributed by atoms with Crippen molar-refractivity contribution in [1.29, 1.82) is 0 Å². The molecule has 5 heteroatoms. The van der Waals surface area contributed by atoms with Gasteiger partial charge in [-0.3, -0.25) is 10.1 Å². The van der Waals surface area contributed by atoms with Crippen LogP contribution >= 0.6 is 0 Å². The lowest BCUT2D eigenvalue weighted by molar-refractivity contribution is -0.116. The first kappa shape index (κ1) is 13.6. The first-order chi connectivity index (χ1) is 8.26. The fourth-order valence-electron chi connectivity index (χ4n) is 1.67. The van der Waals surface area contributed by atoms with Gasteiger partial charge >= 0.3 is 0 Å². The highest BCUT2D eigenvalue weighted by Gasteiger charge is 2.09. The van der Waals surface area contributed by atoms with Gasteiger partial charge in [-0.25, -0.2) is 9.97 Å². The molecule has 1 atom stereocenters. The van der Waals surface area contributed by atoms with Crippen LogP contribution in [0, 0.1) is 5.92 Å². The van der Waals surface area contributed by atoms with E-state index in [1.165, 1.54) is 0 Å². The fraction of sp³-hybridized carbons (Fsp3) is 0.583. The van der Waals surface area contributed by atoms with Gasteiger partial charge in [0, 0.05) is 18.8 Å². The molecule has 1 heterocycles. The number of nitrogens with one attached hydrogen (secondary N) is 1. The highest BCUT2D eigenvalue weighted by molar-refractivity contribution is 5.88. The van der Waals surface area contributed by atoms with Gasteiger partial charge in [0.25, 0.3) is 0 Å². The van der Waals surface area contributed by atoms with Gasteiger partial charge in [0.1, 0.15) is 0 Å². The zero-order chi connectivity index (χ0) is 12.5. The third-order valence-corrected chi connectivity index (χ3v) is 2.75. The number of amides is 1. The number of rotatable bonds is 7. The molecule has 0 bridgehead atoms. The van der Waals surface area contributed by atoms with Crippen LogP contribution in [0.25, 0.3) is 0 Å². The van der Waals surface area contributed by atoms with Gasteiger partial charge in [0.15, 0.2) is 0 Å². The van der Waals surface area contributed by atoms with Crippen LogP contribution in [0.1, 0.15) is 32.6 Å². The predicted molar refractivity (Wildman–Crippen MR) is 67.3 cm³/mol. The van der Waals surface area contributed by atoms with Crippen LogP contribution in [0.5, 0.6) is 0 Å². The highest BCUT2D eigenvalue weighted by atomic mass is 16.1. The van der Waals surface area contributed by atoms with Gasteiger partial charge in [0.2, 0.25) is 11.9 Å². The molecule has 0 radical (unpaired) electrons. The number of aromatic nitrogens is 2. The van der Waals surface area contributed by atoms with Gasteiger partial charge < -0.3 is 5.73 Å². The third kappa shape index (κ3) is 5.40. The number of hydrogen-bond donors (Lipinski definition) is 2. The van der Waals surface area contributed by atoms with Crippen molar-refractivity contribution >= 4 is 11.9 Å². The van der Waals surface area contributed by atoms with E-state index >= 15 is 0 Å². The van der Waals surface area contributed by atoms with Crippen LogP contribution in [-0.2, 0) is 4.79 Å². The van der Waals surface area contributed by atoms with Crippen LogP contribution in [0.4, 0.5) is 5.95 Å². The summed E-state index contributed by atoms with van der Waals surface area (Å²) in [5.74, 6) is 0.860. The number of anilines is 1. The molecule has 0 fully saturated rings. The van der Waals surface area contributed by atoms with Crippen LogP contribution in [-0.4, -0.2) is 22.4 Å². The average Bonchev–Trinajstić information content (AvgIpc) is 2.35. The van der Waals surface area contributed by atoms with E-state index < -0.39 is 0 Å². The number of nitrogens with zero attached hydrogens (tertiary/aromatic N) is 2. The second-order valence-electron chi connectivity index (χ2n) is 4.01. The van der Waals surface area contributed by atoms with Crippen LogP contribution in [0.2, 0.25) is 0 Å². The SMILES string of the molecule is CCC(CCN)CCC(=O)Nc1ncccn1. The molecule has 17 heavy (non-hydrogen) atoms. The fourth-order valence-corrected chi connectivity index (χ4v) is 1.67. The second kappa shape index (κ2) is 7.73. The Morgan fingerprint density at radius 3 is 2.71 bits per heavy atom. The average molecular weight is 236 g/mol. The summed E-state index contributed by atoms with van der Waals surface area (Å²) in [5.41, 5.74) is 5.51. The normalized spacial score (nSPS) is 12.1. The molecule has 0 aliphatic heterocycles. The summed E-state index contributed by atoms with van der Waals surface area (Å²) >= 11 is 0. The molecule has 5 nitrogen and oxygen atoms in total. The maximum atomic E-state index is 11.6. The largest absolute Gasteiger partial charge is 0.330 e. The quantitative estimate of drug-likeness (QED) is 0.753. The van der Waals surface area contributed by atoms with Crippen LogP contribution < -0.4 is 11.1 Å². The Morgan fingerprint density at radius 2 is 2.12 bits per heavy atom. The van der Waals surface area contributed by atoms with Crippen molar-refractivity contribution in [3.8, 4) is 0 Å². The van der Waals surface area contributed by atoms with Gasteiger partial charge in [-0.2, -0.15) is 0 Å². The van der Waals surface area contributed by atoms with E-state index in [0.29, 0.717) is 24.8 Å². The minimum absolute atomic E-state index is 0.0355. The molecule has 0 aromatic carbocycles. The molecular weight excluding hydrogens is 216 g/mol. The van der Waals surface area contributed by atoms with E-state index in [2.05, 4.69) is 22.2 Å². The molecule has 1 aromatic rings. The summed E-state index contributed by atoms with van der Waals surface area (Å²) in [6.45, 7) is 2.81. The van der Waals surface area contributed by atoms with Crippen molar-refractivity contribution in [2.24, 2.45) is 11.7 Å². The Balaban J connectivity index is 2.30. The Hall–Kier alpha value is -1.49. The van der Waals surface area contributed by atoms with Gasteiger partial charge in [-0.1, -0.05) is 13.3 Å². The van der Waals surface area contributed by atoms with Crippen molar-refractivity contribution < 1.29 is 4.79 Å². The van der Waals surface area contributed by atoms with Crippen molar-refractivity contribution in [3.05, 3.63) is 18.5 Å². The molecule has 94 valence electrons. The Morgan fingerprint density at radius 1 is 1.41 bits per heavy atom. The minimum Gasteiger partial charge on any atom is -0.330 e. The molecule has 1 rings (SSSR count). The molecule has 3 N–H and O–H groups in total. The number of nitrogens with two attached hydrogens (primary N) is 1. The van der Waals surface area contributed by atoms with E-state index in [9.17, 15) is 4.79 Å². The Kier molecular flexibility index (Phi) is 6.17. The van der Waals surface area contributed by atoms with E-state index in [-0.39, 0.29) is 5.91 Å². The summed E-state index contributed by atoms with van der Waals surface area (Å²) in [5, 5.41) is 2.67. The lowest BCUT2D eigenvalue weighted by atomic mass is 9.96. The summed E-state index contributed by atoms with van der Waals surface area (Å²) in [6.07, 6.45) is 6.61. The summed E-state index contributed by atoms with van der Waals surface area (Å²) in [4.78, 5) is 19.5. The monoisotopic (exact) mass is 236 g/mol. The van der Waals surface area contributed by atoms with E-state index in [1.54, 1.807) is 18.5 Å². The first-order valence-corrected chi connectivity index (χ1v) is 6.03. The van der Waals surface area contributed by atoms with Crippen LogP contribution in [0.15, 0.2) is 18.5 Å². The van der Waals surface area contributed by atoms with E-state index in [0.717, 1.165) is 19.3 Å². The summed E-state index contributed by atoms with van der Waals surface area (Å²) in [7, 11) is 0. The first-order valence-electron chi connectivity index (χ1n) is 6.03. The Bertz CT molecular complexity index is 329. The number of carbonyl (C=O) groups is 1. The van der Waals surface area contributed by atoms with Gasteiger partial charge in [-0.05, 0) is 31.4 Å². The van der Waals surface area contributed by atoms with Crippen LogP contribution in [0.3, 0.4) is 0 Å². The van der Waals surface area contributed by atoms with Crippen molar-refractivity contribution in [1.82, 2.24) is 9.97 Å². The molecule has 1 amide bonds. The maximum absolute atomic E-state index is 11.6. The smallest absolute Gasteiger partial charge is 0.229 e. The third-order valence-electron chi connectivity index (χ3n) is 2.75. The molecule has 1 aromatic heterocycles. The molecular formula is C12H20N4O. The molecule has 0 saturated heterocycles. The topological polar surface area (TPSA) is 80.9 Å². The Labute approximate surface area is 102 Å². The maximum Gasteiger partial charge on any atom is 0.229 e. The van der Waals surface area contributed by atoms with Crippen molar-refractivity contribution in [2.45, 2.75) is 32.6 Å². The highest BCUT2D eigenvalue weighted by Crippen LogP contribution is 2.14. The lowest BCUT2D eigenvalue weighted by Gasteiger charge is -2.12. The zero-order valence-electron chi connectivity index (χ0n) is 10.2. The molecule has 0 spiro atoms. The van der Waals surface area contributed by atoms with Crippen molar-refractivity contribution in [2.75, 3.05) is 11.9 Å². The number of hydrogen-bond acceptors (Lipinski definition) is 4.